The van der Waals surface area contributed by atoms with Gasteiger partial charge in [0.1, 0.15) is 5.75 Å². The molecule has 0 atom stereocenters. The summed E-state index contributed by atoms with van der Waals surface area (Å²) in [5, 5.41) is 11.2. The molecule has 1 N–H and O–H groups in total. The summed E-state index contributed by atoms with van der Waals surface area (Å²) < 4.78 is 5.60. The zero-order chi connectivity index (χ0) is 18.4. The van der Waals surface area contributed by atoms with Crippen molar-refractivity contribution in [2.75, 3.05) is 23.3 Å². The van der Waals surface area contributed by atoms with E-state index in [4.69, 9.17) is 4.74 Å². The summed E-state index contributed by atoms with van der Waals surface area (Å²) in [4.78, 5) is 14.6. The lowest BCUT2D eigenvalue weighted by molar-refractivity contribution is 0.102. The van der Waals surface area contributed by atoms with Gasteiger partial charge in [-0.25, -0.2) is 0 Å². The second-order valence-corrected chi connectivity index (χ2v) is 6.82. The number of hydrogen-bond donors (Lipinski definition) is 1. The van der Waals surface area contributed by atoms with Crippen LogP contribution in [0.25, 0.3) is 0 Å². The predicted octanol–water partition coefficient (Wildman–Crippen LogP) is 3.90. The van der Waals surface area contributed by atoms with Crippen LogP contribution in [0.15, 0.2) is 36.4 Å². The molecule has 0 unspecified atom stereocenters. The molecular weight excluding hydrogens is 328 g/mol. The van der Waals surface area contributed by atoms with E-state index in [9.17, 15) is 4.79 Å². The summed E-state index contributed by atoms with van der Waals surface area (Å²) >= 11 is 0. The molecule has 3 rings (SSSR count). The third kappa shape index (κ3) is 4.94. The molecule has 0 aliphatic carbocycles. The lowest BCUT2D eigenvalue weighted by Gasteiger charge is -2.20. The minimum absolute atomic E-state index is 0.119. The summed E-state index contributed by atoms with van der Waals surface area (Å²) in [6.45, 7) is 5.96. The van der Waals surface area contributed by atoms with Gasteiger partial charge in [-0.3, -0.25) is 4.79 Å². The van der Waals surface area contributed by atoms with E-state index >= 15 is 0 Å². The van der Waals surface area contributed by atoms with Crippen LogP contribution >= 0.6 is 0 Å². The Balaban J connectivity index is 1.60. The van der Waals surface area contributed by atoms with E-state index in [1.165, 1.54) is 25.7 Å². The van der Waals surface area contributed by atoms with Crippen molar-refractivity contribution in [3.63, 3.8) is 0 Å². The molecule has 1 aromatic heterocycles. The van der Waals surface area contributed by atoms with Gasteiger partial charge in [0.15, 0.2) is 11.5 Å². The van der Waals surface area contributed by atoms with Crippen molar-refractivity contribution in [1.29, 1.82) is 0 Å². The van der Waals surface area contributed by atoms with Crippen LogP contribution in [0.5, 0.6) is 5.75 Å². The van der Waals surface area contributed by atoms with E-state index in [0.717, 1.165) is 24.7 Å². The van der Waals surface area contributed by atoms with Crippen LogP contribution in [-0.4, -0.2) is 35.3 Å². The largest absolute Gasteiger partial charge is 0.491 e. The molecule has 2 aromatic rings. The highest BCUT2D eigenvalue weighted by molar-refractivity contribution is 6.02. The number of rotatable bonds is 5. The molecule has 2 heterocycles. The first-order chi connectivity index (χ1) is 12.6. The van der Waals surface area contributed by atoms with Crippen molar-refractivity contribution in [3.8, 4) is 5.75 Å². The van der Waals surface area contributed by atoms with Gasteiger partial charge in [-0.1, -0.05) is 12.8 Å². The van der Waals surface area contributed by atoms with Crippen LogP contribution < -0.4 is 15.0 Å². The number of nitrogens with one attached hydrogen (secondary N) is 1. The van der Waals surface area contributed by atoms with Crippen LogP contribution in [0.3, 0.4) is 0 Å². The van der Waals surface area contributed by atoms with E-state index in [1.54, 1.807) is 6.07 Å². The molecule has 26 heavy (non-hydrogen) atoms. The number of carbonyl (C=O) groups is 1. The van der Waals surface area contributed by atoms with Gasteiger partial charge in [0.2, 0.25) is 0 Å². The van der Waals surface area contributed by atoms with E-state index in [1.807, 2.05) is 44.2 Å². The predicted molar refractivity (Wildman–Crippen MR) is 103 cm³/mol. The van der Waals surface area contributed by atoms with Crippen molar-refractivity contribution in [2.45, 2.75) is 45.6 Å². The number of hydrogen-bond acceptors (Lipinski definition) is 5. The number of amides is 1. The highest BCUT2D eigenvalue weighted by Crippen LogP contribution is 2.19. The lowest BCUT2D eigenvalue weighted by atomic mass is 10.2. The van der Waals surface area contributed by atoms with E-state index in [2.05, 4.69) is 20.4 Å². The van der Waals surface area contributed by atoms with Crippen molar-refractivity contribution in [3.05, 3.63) is 42.1 Å². The molecule has 0 spiro atoms. The molecular formula is C20H26N4O2. The standard InChI is InChI=1S/C20H26N4O2/c1-15(2)26-17-9-7-16(8-10-17)21-20(25)18-11-12-19(23-22-18)24-13-5-3-4-6-14-24/h7-12,15H,3-6,13-14H2,1-2H3,(H,21,25). The number of carbonyl (C=O) groups excluding carboxylic acids is 1. The van der Waals surface area contributed by atoms with Crippen molar-refractivity contribution in [2.24, 2.45) is 0 Å². The number of nitrogens with zero attached hydrogens (tertiary/aromatic N) is 3. The fourth-order valence-corrected chi connectivity index (χ4v) is 3.00. The van der Waals surface area contributed by atoms with Gasteiger partial charge in [0.05, 0.1) is 6.10 Å². The maximum absolute atomic E-state index is 12.4. The molecule has 6 nitrogen and oxygen atoms in total. The average molecular weight is 354 g/mol. The van der Waals surface area contributed by atoms with Crippen LogP contribution in [0.1, 0.15) is 50.0 Å². The molecule has 0 bridgehead atoms. The molecule has 0 radical (unpaired) electrons. The van der Waals surface area contributed by atoms with Crippen LogP contribution in [0.4, 0.5) is 11.5 Å². The fourth-order valence-electron chi connectivity index (χ4n) is 3.00. The third-order valence-electron chi connectivity index (χ3n) is 4.30. The maximum Gasteiger partial charge on any atom is 0.276 e. The normalized spacial score (nSPS) is 14.8. The van der Waals surface area contributed by atoms with Crippen LogP contribution in [-0.2, 0) is 0 Å². The van der Waals surface area contributed by atoms with Gasteiger partial charge in [-0.2, -0.15) is 0 Å². The zero-order valence-electron chi connectivity index (χ0n) is 15.4. The number of aromatic nitrogens is 2. The smallest absolute Gasteiger partial charge is 0.276 e. The first kappa shape index (κ1) is 18.2. The second kappa shape index (κ2) is 8.65. The van der Waals surface area contributed by atoms with Crippen molar-refractivity contribution in [1.82, 2.24) is 10.2 Å². The van der Waals surface area contributed by atoms with E-state index < -0.39 is 0 Å². The molecule has 1 aromatic carbocycles. The molecule has 1 aliphatic rings. The van der Waals surface area contributed by atoms with Crippen molar-refractivity contribution >= 4 is 17.4 Å². The number of anilines is 2. The monoisotopic (exact) mass is 354 g/mol. The molecule has 1 amide bonds. The van der Waals surface area contributed by atoms with Gasteiger partial charge >= 0.3 is 0 Å². The average Bonchev–Trinajstić information content (AvgIpc) is 2.92. The van der Waals surface area contributed by atoms with Crippen molar-refractivity contribution < 1.29 is 9.53 Å². The molecule has 6 heteroatoms. The first-order valence-corrected chi connectivity index (χ1v) is 9.28. The molecule has 1 saturated heterocycles. The highest BCUT2D eigenvalue weighted by Gasteiger charge is 2.14. The number of ether oxygens (including phenoxy) is 1. The number of benzene rings is 1. The highest BCUT2D eigenvalue weighted by atomic mass is 16.5. The Kier molecular flexibility index (Phi) is 6.04. The van der Waals surface area contributed by atoms with Gasteiger partial charge in [0.25, 0.3) is 5.91 Å². The molecule has 1 aliphatic heterocycles. The Morgan fingerprint density at radius 1 is 1.00 bits per heavy atom. The van der Waals surface area contributed by atoms with Gasteiger partial charge in [-0.15, -0.1) is 10.2 Å². The summed E-state index contributed by atoms with van der Waals surface area (Å²) in [6.07, 6.45) is 5.02. The molecule has 1 fully saturated rings. The lowest BCUT2D eigenvalue weighted by Crippen LogP contribution is -2.25. The Morgan fingerprint density at radius 2 is 1.69 bits per heavy atom. The zero-order valence-corrected chi connectivity index (χ0v) is 15.4. The van der Waals surface area contributed by atoms with Gasteiger partial charge in [-0.05, 0) is 63.1 Å². The van der Waals surface area contributed by atoms with Crippen LogP contribution in [0, 0.1) is 0 Å². The summed E-state index contributed by atoms with van der Waals surface area (Å²) in [7, 11) is 0. The van der Waals surface area contributed by atoms with Crippen LogP contribution in [0.2, 0.25) is 0 Å². The second-order valence-electron chi connectivity index (χ2n) is 6.82. The van der Waals surface area contributed by atoms with E-state index in [-0.39, 0.29) is 12.0 Å². The minimum atomic E-state index is -0.266. The quantitative estimate of drug-likeness (QED) is 0.882. The summed E-state index contributed by atoms with van der Waals surface area (Å²) in [6, 6.07) is 10.9. The SMILES string of the molecule is CC(C)Oc1ccc(NC(=O)c2ccc(N3CCCCCC3)nn2)cc1. The Bertz CT molecular complexity index is 706. The Labute approximate surface area is 154 Å². The van der Waals surface area contributed by atoms with E-state index in [0.29, 0.717) is 11.4 Å². The minimum Gasteiger partial charge on any atom is -0.491 e. The fraction of sp³-hybridized carbons (Fsp3) is 0.450. The topological polar surface area (TPSA) is 67.3 Å². The summed E-state index contributed by atoms with van der Waals surface area (Å²) in [5.74, 6) is 1.36. The maximum atomic E-state index is 12.4. The van der Waals surface area contributed by atoms with Gasteiger partial charge < -0.3 is 15.0 Å². The Hall–Kier alpha value is -2.63. The first-order valence-electron chi connectivity index (χ1n) is 9.28. The Morgan fingerprint density at radius 3 is 2.27 bits per heavy atom. The molecule has 0 saturated carbocycles. The summed E-state index contributed by atoms with van der Waals surface area (Å²) in [5.41, 5.74) is 1.01. The molecule has 138 valence electrons. The van der Waals surface area contributed by atoms with Gasteiger partial charge in [0, 0.05) is 18.8 Å². The third-order valence-corrected chi connectivity index (χ3v) is 4.30.